The van der Waals surface area contributed by atoms with Crippen molar-refractivity contribution in [3.05, 3.63) is 11.1 Å². The number of carboxylic acids is 2. The van der Waals surface area contributed by atoms with Gasteiger partial charge >= 0.3 is 11.9 Å². The zero-order chi connectivity index (χ0) is 9.72. The number of rotatable bonds is 4. The summed E-state index contributed by atoms with van der Waals surface area (Å²) in [5, 5.41) is 17.1. The van der Waals surface area contributed by atoms with E-state index in [0.717, 1.165) is 0 Å². The van der Waals surface area contributed by atoms with Crippen LogP contribution < -0.4 is 0 Å². The topological polar surface area (TPSA) is 74.6 Å². The van der Waals surface area contributed by atoms with Gasteiger partial charge in [-0.25, -0.2) is 9.59 Å². The average molecular weight is 172 g/mol. The lowest BCUT2D eigenvalue weighted by atomic mass is 10.1. The van der Waals surface area contributed by atoms with Gasteiger partial charge in [0.2, 0.25) is 0 Å². The average Bonchev–Trinajstić information content (AvgIpc) is 1.98. The summed E-state index contributed by atoms with van der Waals surface area (Å²) >= 11 is 0. The molecular formula is C8H12O4. The minimum atomic E-state index is -1.17. The van der Waals surface area contributed by atoms with E-state index in [-0.39, 0.29) is 11.1 Å². The molecule has 0 aromatic rings. The molecule has 0 amide bonds. The fraction of sp³-hybridized carbons (Fsp3) is 0.500. The third-order valence-corrected chi connectivity index (χ3v) is 1.53. The summed E-state index contributed by atoms with van der Waals surface area (Å²) in [5.41, 5.74) is -0.0886. The fourth-order valence-corrected chi connectivity index (χ4v) is 0.834. The van der Waals surface area contributed by atoms with Crippen LogP contribution in [-0.2, 0) is 9.59 Å². The first kappa shape index (κ1) is 10.7. The first-order valence-electron chi connectivity index (χ1n) is 3.67. The maximum atomic E-state index is 10.5. The molecule has 0 atom stereocenters. The zero-order valence-corrected chi connectivity index (χ0v) is 7.13. The predicted octanol–water partition coefficient (Wildman–Crippen LogP) is 1.27. The van der Waals surface area contributed by atoms with E-state index < -0.39 is 11.9 Å². The largest absolute Gasteiger partial charge is 0.478 e. The molecule has 0 aliphatic carbocycles. The number of hydrogen-bond acceptors (Lipinski definition) is 2. The van der Waals surface area contributed by atoms with Crippen molar-refractivity contribution in [3.63, 3.8) is 0 Å². The lowest BCUT2D eigenvalue weighted by Gasteiger charge is -2.01. The van der Waals surface area contributed by atoms with E-state index in [1.54, 1.807) is 6.92 Å². The van der Waals surface area contributed by atoms with E-state index in [2.05, 4.69) is 0 Å². The molecule has 0 unspecified atom stereocenters. The molecule has 2 N–H and O–H groups in total. The van der Waals surface area contributed by atoms with Crippen LogP contribution in [0.1, 0.15) is 26.7 Å². The third kappa shape index (κ3) is 2.74. The highest BCUT2D eigenvalue weighted by Gasteiger charge is 2.14. The molecule has 0 saturated heterocycles. The maximum Gasteiger partial charge on any atom is 0.332 e. The van der Waals surface area contributed by atoms with Gasteiger partial charge in [-0.3, -0.25) is 0 Å². The Labute approximate surface area is 70.5 Å². The van der Waals surface area contributed by atoms with Gasteiger partial charge in [0.15, 0.2) is 0 Å². The summed E-state index contributed by atoms with van der Waals surface area (Å²) in [6.07, 6.45) is 0.930. The van der Waals surface area contributed by atoms with Crippen molar-refractivity contribution >= 4 is 11.9 Å². The summed E-state index contributed by atoms with van der Waals surface area (Å²) in [6.45, 7) is 3.11. The Balaban J connectivity index is 4.80. The molecule has 0 rings (SSSR count). The molecule has 4 heteroatoms. The molecule has 12 heavy (non-hydrogen) atoms. The van der Waals surface area contributed by atoms with E-state index in [4.69, 9.17) is 10.2 Å². The third-order valence-electron chi connectivity index (χ3n) is 1.53. The van der Waals surface area contributed by atoms with E-state index in [1.807, 2.05) is 0 Å². The van der Waals surface area contributed by atoms with Crippen molar-refractivity contribution in [3.8, 4) is 0 Å². The molecule has 4 nitrogen and oxygen atoms in total. The van der Waals surface area contributed by atoms with Crippen molar-refractivity contribution < 1.29 is 19.8 Å². The van der Waals surface area contributed by atoms with Gasteiger partial charge in [-0.05, 0) is 13.3 Å². The standard InChI is InChI=1S/C8H12O4/c1-3-4-6(8(11)12)5(2)7(9)10/h3-4H2,1-2H3,(H,9,10)(H,11,12). The monoisotopic (exact) mass is 172 g/mol. The van der Waals surface area contributed by atoms with Gasteiger partial charge in [0.05, 0.1) is 0 Å². The van der Waals surface area contributed by atoms with Gasteiger partial charge in [-0.15, -0.1) is 0 Å². The second-order valence-electron chi connectivity index (χ2n) is 2.46. The second-order valence-corrected chi connectivity index (χ2v) is 2.46. The Hall–Kier alpha value is -1.32. The molecular weight excluding hydrogens is 160 g/mol. The Morgan fingerprint density at radius 1 is 1.17 bits per heavy atom. The molecule has 0 spiro atoms. The van der Waals surface area contributed by atoms with Crippen LogP contribution in [0, 0.1) is 0 Å². The van der Waals surface area contributed by atoms with E-state index in [1.165, 1.54) is 6.92 Å². The van der Waals surface area contributed by atoms with Crippen molar-refractivity contribution in [2.75, 3.05) is 0 Å². The lowest BCUT2D eigenvalue weighted by molar-refractivity contribution is -0.136. The van der Waals surface area contributed by atoms with E-state index in [0.29, 0.717) is 12.8 Å². The summed E-state index contributed by atoms with van der Waals surface area (Å²) < 4.78 is 0. The van der Waals surface area contributed by atoms with Gasteiger partial charge in [0, 0.05) is 11.1 Å². The van der Waals surface area contributed by atoms with Gasteiger partial charge in [0.1, 0.15) is 0 Å². The maximum absolute atomic E-state index is 10.5. The molecule has 0 heterocycles. The van der Waals surface area contributed by atoms with Crippen molar-refractivity contribution in [1.29, 1.82) is 0 Å². The lowest BCUT2D eigenvalue weighted by Crippen LogP contribution is -2.09. The quantitative estimate of drug-likeness (QED) is 0.626. The van der Waals surface area contributed by atoms with Crippen molar-refractivity contribution in [2.24, 2.45) is 0 Å². The Bertz CT molecular complexity index is 227. The fourth-order valence-electron chi connectivity index (χ4n) is 0.834. The van der Waals surface area contributed by atoms with Crippen LogP contribution in [0.5, 0.6) is 0 Å². The van der Waals surface area contributed by atoms with Crippen LogP contribution in [0.25, 0.3) is 0 Å². The minimum Gasteiger partial charge on any atom is -0.478 e. The van der Waals surface area contributed by atoms with Crippen LogP contribution >= 0.6 is 0 Å². The van der Waals surface area contributed by atoms with E-state index >= 15 is 0 Å². The summed E-state index contributed by atoms with van der Waals surface area (Å²) in [5.74, 6) is -2.31. The van der Waals surface area contributed by atoms with Gasteiger partial charge in [-0.2, -0.15) is 0 Å². The SMILES string of the molecule is CCCC(C(=O)O)=C(C)C(=O)O. The number of aliphatic carboxylic acids is 2. The molecule has 0 bridgehead atoms. The van der Waals surface area contributed by atoms with Crippen molar-refractivity contribution in [2.45, 2.75) is 26.7 Å². The molecule has 68 valence electrons. The van der Waals surface area contributed by atoms with Gasteiger partial charge in [0.25, 0.3) is 0 Å². The molecule has 0 aliphatic heterocycles. The summed E-state index contributed by atoms with van der Waals surface area (Å²) in [6, 6.07) is 0. The zero-order valence-electron chi connectivity index (χ0n) is 7.13. The molecule has 0 aromatic carbocycles. The highest BCUT2D eigenvalue weighted by molar-refractivity contribution is 5.98. The molecule has 0 radical (unpaired) electrons. The first-order valence-corrected chi connectivity index (χ1v) is 3.67. The van der Waals surface area contributed by atoms with Gasteiger partial charge in [-0.1, -0.05) is 13.3 Å². The second kappa shape index (κ2) is 4.54. The van der Waals surface area contributed by atoms with Crippen LogP contribution in [-0.4, -0.2) is 22.2 Å². The van der Waals surface area contributed by atoms with Crippen LogP contribution in [0.4, 0.5) is 0 Å². The Morgan fingerprint density at radius 3 is 1.92 bits per heavy atom. The minimum absolute atomic E-state index is 0.00926. The summed E-state index contributed by atoms with van der Waals surface area (Å²) in [7, 11) is 0. The first-order chi connectivity index (χ1) is 5.50. The smallest absolute Gasteiger partial charge is 0.332 e. The van der Waals surface area contributed by atoms with Crippen LogP contribution in [0.3, 0.4) is 0 Å². The Kier molecular flexibility index (Phi) is 4.04. The van der Waals surface area contributed by atoms with E-state index in [9.17, 15) is 9.59 Å². The Morgan fingerprint density at radius 2 is 1.67 bits per heavy atom. The normalized spacial score (nSPS) is 12.2. The number of carboxylic acid groups (broad SMARTS) is 2. The summed E-state index contributed by atoms with van der Waals surface area (Å²) in [4.78, 5) is 20.9. The highest BCUT2D eigenvalue weighted by atomic mass is 16.4. The molecule has 0 aromatic heterocycles. The van der Waals surface area contributed by atoms with Gasteiger partial charge < -0.3 is 10.2 Å². The van der Waals surface area contributed by atoms with Crippen LogP contribution in [0.15, 0.2) is 11.1 Å². The molecule has 0 fully saturated rings. The highest BCUT2D eigenvalue weighted by Crippen LogP contribution is 2.11. The number of carbonyl (C=O) groups is 2. The molecule has 0 aliphatic rings. The molecule has 0 saturated carbocycles. The predicted molar refractivity (Wildman–Crippen MR) is 42.9 cm³/mol. The van der Waals surface area contributed by atoms with Crippen LogP contribution in [0.2, 0.25) is 0 Å². The van der Waals surface area contributed by atoms with Crippen molar-refractivity contribution in [1.82, 2.24) is 0 Å². The number of hydrogen-bond donors (Lipinski definition) is 2.